The first kappa shape index (κ1) is 27.9. The SMILES string of the molecule is C=CC(=O)NC1CN(CCn2c(=O)c(-c3cc(OC)cc(OC)c3Cl)cc3cnc(NCC4CCOC4)nc32)C1. The molecule has 2 aromatic heterocycles. The highest BCUT2D eigenvalue weighted by molar-refractivity contribution is 6.35. The van der Waals surface area contributed by atoms with Gasteiger partial charge in [-0.15, -0.1) is 0 Å². The van der Waals surface area contributed by atoms with Crippen molar-refractivity contribution < 1.29 is 19.0 Å². The standard InChI is InChI=1S/C28H33ClN6O5/c1-4-24(36)32-19-14-34(15-19)6-7-35-26-18(13-31-28(33-26)30-12-17-5-8-40-16-17)9-22(27(35)37)21-10-20(38-2)11-23(39-3)25(21)29/h4,9-11,13,17,19H,1,5-8,12,14-16H2,2-3H3,(H,32,36)(H,30,31,33). The van der Waals surface area contributed by atoms with Crippen LogP contribution in [0, 0.1) is 5.92 Å². The molecule has 0 saturated carbocycles. The van der Waals surface area contributed by atoms with Gasteiger partial charge in [-0.25, -0.2) is 4.98 Å². The number of fused-ring (bicyclic) bond motifs is 1. The van der Waals surface area contributed by atoms with Gasteiger partial charge < -0.3 is 24.8 Å². The smallest absolute Gasteiger partial charge is 0.260 e. The van der Waals surface area contributed by atoms with E-state index in [1.54, 1.807) is 36.1 Å². The summed E-state index contributed by atoms with van der Waals surface area (Å²) in [4.78, 5) is 37.0. The van der Waals surface area contributed by atoms with Crippen LogP contribution in [0.1, 0.15) is 6.42 Å². The molecule has 5 rings (SSSR count). The van der Waals surface area contributed by atoms with Crippen LogP contribution in [0.5, 0.6) is 11.5 Å². The quantitative estimate of drug-likeness (QED) is 0.336. The summed E-state index contributed by atoms with van der Waals surface area (Å²) in [5.41, 5.74) is 1.17. The summed E-state index contributed by atoms with van der Waals surface area (Å²) in [5, 5.41) is 7.20. The van der Waals surface area contributed by atoms with Crippen molar-refractivity contribution in [2.45, 2.75) is 19.0 Å². The van der Waals surface area contributed by atoms with E-state index in [1.807, 2.05) is 0 Å². The number of pyridine rings is 1. The van der Waals surface area contributed by atoms with Gasteiger partial charge >= 0.3 is 0 Å². The maximum absolute atomic E-state index is 14.0. The van der Waals surface area contributed by atoms with Crippen molar-refractivity contribution >= 4 is 34.5 Å². The van der Waals surface area contributed by atoms with Crippen molar-refractivity contribution in [3.8, 4) is 22.6 Å². The van der Waals surface area contributed by atoms with Crippen molar-refractivity contribution in [2.75, 3.05) is 58.9 Å². The average Bonchev–Trinajstić information content (AvgIpc) is 3.47. The van der Waals surface area contributed by atoms with Crippen LogP contribution < -0.4 is 25.7 Å². The topological polar surface area (TPSA) is 120 Å². The first-order valence-corrected chi connectivity index (χ1v) is 13.6. The molecule has 2 N–H and O–H groups in total. The molecule has 1 unspecified atom stereocenters. The molecule has 12 heteroatoms. The Morgan fingerprint density at radius 3 is 2.75 bits per heavy atom. The third-order valence-electron chi connectivity index (χ3n) is 7.29. The number of amides is 1. The van der Waals surface area contributed by atoms with Gasteiger partial charge in [-0.1, -0.05) is 18.2 Å². The predicted molar refractivity (Wildman–Crippen MR) is 153 cm³/mol. The van der Waals surface area contributed by atoms with Gasteiger partial charge in [-0.3, -0.25) is 19.1 Å². The Morgan fingerprint density at radius 2 is 2.05 bits per heavy atom. The molecule has 11 nitrogen and oxygen atoms in total. The summed E-state index contributed by atoms with van der Waals surface area (Å²) < 4.78 is 18.0. The Hall–Kier alpha value is -3.67. The molecule has 1 aromatic carbocycles. The van der Waals surface area contributed by atoms with Gasteiger partial charge in [0.05, 0.1) is 31.9 Å². The molecular formula is C28H33ClN6O5. The highest BCUT2D eigenvalue weighted by Crippen LogP contribution is 2.38. The van der Waals surface area contributed by atoms with E-state index in [4.69, 9.17) is 30.8 Å². The molecule has 3 aromatic rings. The minimum absolute atomic E-state index is 0.0612. The number of hydrogen-bond acceptors (Lipinski definition) is 9. The number of rotatable bonds is 11. The highest BCUT2D eigenvalue weighted by atomic mass is 35.5. The Bertz CT molecular complexity index is 1470. The Kier molecular flexibility index (Phi) is 8.53. The molecule has 40 heavy (non-hydrogen) atoms. The van der Waals surface area contributed by atoms with Gasteiger partial charge in [-0.2, -0.15) is 4.98 Å². The molecule has 2 aliphatic heterocycles. The van der Waals surface area contributed by atoms with E-state index in [2.05, 4.69) is 27.1 Å². The molecule has 2 aliphatic rings. The van der Waals surface area contributed by atoms with Gasteiger partial charge in [0.2, 0.25) is 11.9 Å². The molecule has 4 heterocycles. The third kappa shape index (κ3) is 5.91. The second-order valence-corrected chi connectivity index (χ2v) is 10.3. The van der Waals surface area contributed by atoms with Crippen LogP contribution in [-0.2, 0) is 16.1 Å². The third-order valence-corrected chi connectivity index (χ3v) is 7.68. The molecule has 0 bridgehead atoms. The second-order valence-electron chi connectivity index (χ2n) is 9.96. The van der Waals surface area contributed by atoms with Crippen molar-refractivity contribution in [1.29, 1.82) is 0 Å². The van der Waals surface area contributed by atoms with E-state index >= 15 is 0 Å². The average molecular weight is 569 g/mol. The van der Waals surface area contributed by atoms with E-state index in [9.17, 15) is 9.59 Å². The van der Waals surface area contributed by atoms with Gasteiger partial charge in [0, 0.05) is 74.0 Å². The van der Waals surface area contributed by atoms with Gasteiger partial charge in [0.1, 0.15) is 17.1 Å². The number of carbonyl (C=O) groups is 1. The number of ether oxygens (including phenoxy) is 3. The summed E-state index contributed by atoms with van der Waals surface area (Å²) in [7, 11) is 3.06. The van der Waals surface area contributed by atoms with Gasteiger partial charge in [0.25, 0.3) is 5.56 Å². The molecule has 1 amide bonds. The molecule has 2 saturated heterocycles. The van der Waals surface area contributed by atoms with Crippen LogP contribution >= 0.6 is 11.6 Å². The van der Waals surface area contributed by atoms with Crippen molar-refractivity contribution in [3.05, 3.63) is 52.4 Å². The van der Waals surface area contributed by atoms with Crippen LogP contribution in [0.3, 0.4) is 0 Å². The summed E-state index contributed by atoms with van der Waals surface area (Å²) in [5.74, 6) is 1.59. The zero-order valence-electron chi connectivity index (χ0n) is 22.6. The molecule has 0 aliphatic carbocycles. The lowest BCUT2D eigenvalue weighted by atomic mass is 10.0. The first-order valence-electron chi connectivity index (χ1n) is 13.2. The van der Waals surface area contributed by atoms with Crippen LogP contribution in [0.15, 0.2) is 41.8 Å². The molecule has 0 radical (unpaired) electrons. The van der Waals surface area contributed by atoms with Crippen molar-refractivity contribution in [2.24, 2.45) is 5.92 Å². The van der Waals surface area contributed by atoms with Crippen LogP contribution in [-0.4, -0.2) is 85.0 Å². The monoisotopic (exact) mass is 568 g/mol. The minimum Gasteiger partial charge on any atom is -0.497 e. The highest BCUT2D eigenvalue weighted by Gasteiger charge is 2.28. The Balaban J connectivity index is 1.49. The fourth-order valence-corrected chi connectivity index (χ4v) is 5.29. The lowest BCUT2D eigenvalue weighted by molar-refractivity contribution is -0.118. The molecular weight excluding hydrogens is 536 g/mol. The fourth-order valence-electron chi connectivity index (χ4n) is 5.00. The summed E-state index contributed by atoms with van der Waals surface area (Å²) in [6.45, 7) is 8.03. The largest absolute Gasteiger partial charge is 0.497 e. The summed E-state index contributed by atoms with van der Waals surface area (Å²) in [6.07, 6.45) is 3.97. The molecule has 212 valence electrons. The second kappa shape index (κ2) is 12.2. The van der Waals surface area contributed by atoms with E-state index in [0.29, 0.717) is 89.9 Å². The zero-order valence-corrected chi connectivity index (χ0v) is 23.4. The maximum Gasteiger partial charge on any atom is 0.260 e. The van der Waals surface area contributed by atoms with Crippen molar-refractivity contribution in [3.63, 3.8) is 0 Å². The fraction of sp³-hybridized carbons (Fsp3) is 0.429. The molecule has 0 spiro atoms. The molecule has 1 atom stereocenters. The number of aromatic nitrogens is 3. The Labute approximate surface area is 237 Å². The number of halogens is 1. The van der Waals surface area contributed by atoms with E-state index in [-0.39, 0.29) is 17.5 Å². The summed E-state index contributed by atoms with van der Waals surface area (Å²) >= 11 is 6.68. The normalized spacial score (nSPS) is 17.4. The number of nitrogens with zero attached hydrogens (tertiary/aromatic N) is 4. The number of benzene rings is 1. The molecule has 2 fully saturated rings. The number of nitrogens with one attached hydrogen (secondary N) is 2. The summed E-state index contributed by atoms with van der Waals surface area (Å²) in [6, 6.07) is 5.22. The van der Waals surface area contributed by atoms with Crippen LogP contribution in [0.4, 0.5) is 5.95 Å². The lowest BCUT2D eigenvalue weighted by Crippen LogP contribution is -2.59. The van der Waals surface area contributed by atoms with Crippen LogP contribution in [0.25, 0.3) is 22.2 Å². The van der Waals surface area contributed by atoms with Crippen LogP contribution in [0.2, 0.25) is 5.02 Å². The number of likely N-dealkylation sites (tertiary alicyclic amines) is 1. The Morgan fingerprint density at radius 1 is 1.23 bits per heavy atom. The van der Waals surface area contributed by atoms with E-state index < -0.39 is 0 Å². The van der Waals surface area contributed by atoms with E-state index in [1.165, 1.54) is 13.2 Å². The first-order chi connectivity index (χ1) is 19.4. The number of anilines is 1. The lowest BCUT2D eigenvalue weighted by Gasteiger charge is -2.39. The van der Waals surface area contributed by atoms with Gasteiger partial charge in [-0.05, 0) is 24.6 Å². The van der Waals surface area contributed by atoms with Crippen molar-refractivity contribution in [1.82, 2.24) is 24.8 Å². The number of methoxy groups -OCH3 is 2. The zero-order chi connectivity index (χ0) is 28.2. The minimum atomic E-state index is -0.240. The van der Waals surface area contributed by atoms with E-state index in [0.717, 1.165) is 13.0 Å². The predicted octanol–water partition coefficient (Wildman–Crippen LogP) is 2.56. The maximum atomic E-state index is 14.0. The van der Waals surface area contributed by atoms with Gasteiger partial charge in [0.15, 0.2) is 0 Å². The number of carbonyl (C=O) groups excluding carboxylic acids is 1. The number of hydrogen-bond donors (Lipinski definition) is 2.